The molecule has 0 aliphatic heterocycles. The summed E-state index contributed by atoms with van der Waals surface area (Å²) in [6.45, 7) is 2.16. The highest BCUT2D eigenvalue weighted by Gasteiger charge is 2.50. The van der Waals surface area contributed by atoms with Gasteiger partial charge >= 0.3 is 5.97 Å². The lowest BCUT2D eigenvalue weighted by Crippen LogP contribution is -2.24. The molecule has 1 fully saturated rings. The van der Waals surface area contributed by atoms with Crippen molar-refractivity contribution in [2.24, 2.45) is 5.41 Å². The molecule has 0 spiro atoms. The summed E-state index contributed by atoms with van der Waals surface area (Å²) >= 11 is 0. The van der Waals surface area contributed by atoms with Crippen molar-refractivity contribution in [3.63, 3.8) is 0 Å². The van der Waals surface area contributed by atoms with Gasteiger partial charge < -0.3 is 14.9 Å². The predicted molar refractivity (Wildman–Crippen MR) is 62.1 cm³/mol. The van der Waals surface area contributed by atoms with Gasteiger partial charge in [0.2, 0.25) is 0 Å². The highest BCUT2D eigenvalue weighted by Crippen LogP contribution is 2.45. The van der Waals surface area contributed by atoms with Crippen LogP contribution in [0.4, 0.5) is 5.82 Å². The fourth-order valence-corrected chi connectivity index (χ4v) is 1.93. The molecule has 18 heavy (non-hydrogen) atoms. The molecular formula is C11H12N4O3. The first kappa shape index (κ1) is 10.9. The molecule has 0 unspecified atom stereocenters. The third kappa shape index (κ3) is 1.59. The van der Waals surface area contributed by atoms with Crippen LogP contribution in [0.1, 0.15) is 18.5 Å². The molecule has 0 radical (unpaired) electrons. The molecule has 2 heterocycles. The molecule has 3 rings (SSSR count). The van der Waals surface area contributed by atoms with Gasteiger partial charge in [0.1, 0.15) is 17.5 Å². The van der Waals surface area contributed by atoms with E-state index in [9.17, 15) is 4.79 Å². The van der Waals surface area contributed by atoms with Gasteiger partial charge in [0.15, 0.2) is 0 Å². The SMILES string of the molecule is Cc1noc2ncnc(NCC3(C(=O)O)CC3)c12. The molecule has 94 valence electrons. The van der Waals surface area contributed by atoms with Crippen molar-refractivity contribution in [2.45, 2.75) is 19.8 Å². The molecule has 0 bridgehead atoms. The maximum Gasteiger partial charge on any atom is 0.311 e. The molecule has 7 nitrogen and oxygen atoms in total. The number of hydrogen-bond donors (Lipinski definition) is 2. The molecule has 2 N–H and O–H groups in total. The molecule has 1 aliphatic carbocycles. The van der Waals surface area contributed by atoms with Crippen molar-refractivity contribution in [1.29, 1.82) is 0 Å². The fourth-order valence-electron chi connectivity index (χ4n) is 1.93. The topological polar surface area (TPSA) is 101 Å². The van der Waals surface area contributed by atoms with Crippen LogP contribution in [0.15, 0.2) is 10.9 Å². The maximum absolute atomic E-state index is 11.1. The summed E-state index contributed by atoms with van der Waals surface area (Å²) in [7, 11) is 0. The van der Waals surface area contributed by atoms with Gasteiger partial charge in [0.25, 0.3) is 5.71 Å². The molecule has 1 saturated carbocycles. The van der Waals surface area contributed by atoms with Gasteiger partial charge in [0, 0.05) is 6.54 Å². The van der Waals surface area contributed by atoms with E-state index in [0.29, 0.717) is 42.0 Å². The number of carboxylic acids is 1. The lowest BCUT2D eigenvalue weighted by molar-refractivity contribution is -0.142. The molecule has 0 aromatic carbocycles. The first-order chi connectivity index (χ1) is 8.62. The molecule has 0 amide bonds. The summed E-state index contributed by atoms with van der Waals surface area (Å²) in [5.41, 5.74) is 0.459. The zero-order valence-electron chi connectivity index (χ0n) is 9.80. The van der Waals surface area contributed by atoms with Crippen molar-refractivity contribution in [3.8, 4) is 0 Å². The average Bonchev–Trinajstić information content (AvgIpc) is 3.06. The molecule has 0 atom stereocenters. The van der Waals surface area contributed by atoms with Crippen LogP contribution in [0.5, 0.6) is 0 Å². The van der Waals surface area contributed by atoms with Crippen LogP contribution in [-0.4, -0.2) is 32.7 Å². The highest BCUT2D eigenvalue weighted by molar-refractivity contribution is 5.87. The van der Waals surface area contributed by atoms with Crippen molar-refractivity contribution in [3.05, 3.63) is 12.0 Å². The number of carbonyl (C=O) groups is 1. The number of fused-ring (bicyclic) bond motifs is 1. The van der Waals surface area contributed by atoms with Crippen molar-refractivity contribution in [2.75, 3.05) is 11.9 Å². The summed E-state index contributed by atoms with van der Waals surface area (Å²) in [4.78, 5) is 19.2. The highest BCUT2D eigenvalue weighted by atomic mass is 16.5. The van der Waals surface area contributed by atoms with Gasteiger partial charge in [-0.25, -0.2) is 4.98 Å². The van der Waals surface area contributed by atoms with Crippen LogP contribution in [0.25, 0.3) is 11.1 Å². The summed E-state index contributed by atoms with van der Waals surface area (Å²) in [6, 6.07) is 0. The summed E-state index contributed by atoms with van der Waals surface area (Å²) in [5.74, 6) is -0.186. The Morgan fingerprint density at radius 1 is 1.56 bits per heavy atom. The van der Waals surface area contributed by atoms with Gasteiger partial charge in [-0.3, -0.25) is 4.79 Å². The van der Waals surface area contributed by atoms with E-state index in [-0.39, 0.29) is 0 Å². The Morgan fingerprint density at radius 3 is 3.00 bits per heavy atom. The number of hydrogen-bond acceptors (Lipinski definition) is 6. The van der Waals surface area contributed by atoms with Gasteiger partial charge in [-0.1, -0.05) is 5.16 Å². The van der Waals surface area contributed by atoms with Crippen LogP contribution in [0, 0.1) is 12.3 Å². The third-order valence-electron chi connectivity index (χ3n) is 3.34. The Labute approximate surface area is 102 Å². The van der Waals surface area contributed by atoms with E-state index in [0.717, 1.165) is 0 Å². The summed E-state index contributed by atoms with van der Waals surface area (Å²) in [6.07, 6.45) is 2.77. The van der Waals surface area contributed by atoms with Crippen molar-refractivity contribution >= 4 is 22.9 Å². The molecule has 7 heteroatoms. The van der Waals surface area contributed by atoms with Crippen LogP contribution >= 0.6 is 0 Å². The minimum atomic E-state index is -0.762. The Morgan fingerprint density at radius 2 is 2.33 bits per heavy atom. The number of aliphatic carboxylic acids is 1. The maximum atomic E-state index is 11.1. The van der Waals surface area contributed by atoms with Crippen LogP contribution in [0.3, 0.4) is 0 Å². The van der Waals surface area contributed by atoms with E-state index in [1.807, 2.05) is 0 Å². The smallest absolute Gasteiger partial charge is 0.311 e. The monoisotopic (exact) mass is 248 g/mol. The van der Waals surface area contributed by atoms with Gasteiger partial charge in [0.05, 0.1) is 11.1 Å². The molecular weight excluding hydrogens is 236 g/mol. The van der Waals surface area contributed by atoms with E-state index >= 15 is 0 Å². The van der Waals surface area contributed by atoms with E-state index in [4.69, 9.17) is 9.63 Å². The Balaban J connectivity index is 1.87. The standard InChI is InChI=1S/C11H12N4O3/c1-6-7-8(13-5-14-9(7)18-15-6)12-4-11(2-3-11)10(16)17/h5H,2-4H2,1H3,(H,16,17)(H,12,13,14). The van der Waals surface area contributed by atoms with Gasteiger partial charge in [-0.2, -0.15) is 4.98 Å². The van der Waals surface area contributed by atoms with Crippen molar-refractivity contribution in [1.82, 2.24) is 15.1 Å². The number of rotatable bonds is 4. The first-order valence-corrected chi connectivity index (χ1v) is 5.67. The zero-order chi connectivity index (χ0) is 12.8. The van der Waals surface area contributed by atoms with E-state index in [2.05, 4.69) is 20.4 Å². The van der Waals surface area contributed by atoms with E-state index in [1.54, 1.807) is 6.92 Å². The van der Waals surface area contributed by atoms with Crippen molar-refractivity contribution < 1.29 is 14.4 Å². The third-order valence-corrected chi connectivity index (χ3v) is 3.34. The normalized spacial score (nSPS) is 16.7. The largest absolute Gasteiger partial charge is 0.481 e. The van der Waals surface area contributed by atoms with Crippen LogP contribution in [-0.2, 0) is 4.79 Å². The molecule has 0 saturated heterocycles. The van der Waals surface area contributed by atoms with Gasteiger partial charge in [-0.05, 0) is 19.8 Å². The molecule has 2 aromatic rings. The summed E-state index contributed by atoms with van der Waals surface area (Å²) in [5, 5.41) is 16.7. The van der Waals surface area contributed by atoms with E-state index in [1.165, 1.54) is 6.33 Å². The molecule has 1 aliphatic rings. The molecule has 2 aromatic heterocycles. The van der Waals surface area contributed by atoms with Gasteiger partial charge in [-0.15, -0.1) is 0 Å². The second-order valence-corrected chi connectivity index (χ2v) is 4.61. The quantitative estimate of drug-likeness (QED) is 0.838. The number of carboxylic acid groups (broad SMARTS) is 1. The second kappa shape index (κ2) is 3.66. The number of nitrogens with zero attached hydrogens (tertiary/aromatic N) is 3. The first-order valence-electron chi connectivity index (χ1n) is 5.67. The Hall–Kier alpha value is -2.18. The minimum absolute atomic E-state index is 0.360. The van der Waals surface area contributed by atoms with E-state index < -0.39 is 11.4 Å². The lowest BCUT2D eigenvalue weighted by atomic mass is 10.1. The number of aromatic nitrogens is 3. The Kier molecular flexibility index (Phi) is 2.22. The van der Waals surface area contributed by atoms with Crippen LogP contribution < -0.4 is 5.32 Å². The lowest BCUT2D eigenvalue weighted by Gasteiger charge is -2.11. The minimum Gasteiger partial charge on any atom is -0.481 e. The number of anilines is 1. The number of nitrogens with one attached hydrogen (secondary N) is 1. The Bertz CT molecular complexity index is 618. The fraction of sp³-hybridized carbons (Fsp3) is 0.455. The predicted octanol–water partition coefficient (Wildman–Crippen LogP) is 1.20. The second-order valence-electron chi connectivity index (χ2n) is 4.61. The number of aryl methyl sites for hydroxylation is 1. The summed E-state index contributed by atoms with van der Waals surface area (Å²) < 4.78 is 5.03. The van der Waals surface area contributed by atoms with Crippen LogP contribution in [0.2, 0.25) is 0 Å². The zero-order valence-corrected chi connectivity index (χ0v) is 9.80. The average molecular weight is 248 g/mol.